The van der Waals surface area contributed by atoms with Gasteiger partial charge in [0.05, 0.1) is 35.1 Å². The molecule has 4 aromatic rings. The zero-order valence-electron chi connectivity index (χ0n) is 19.7. The SMILES string of the molecule is Cn1nc(C2CC2)c2c(C(=O)NNC(=S)Nc3cnn(Cc4ccc(Cl)cc4)c3)cc(C3CC3)nc21. The summed E-state index contributed by atoms with van der Waals surface area (Å²) in [5, 5.41) is 13.9. The predicted molar refractivity (Wildman–Crippen MR) is 142 cm³/mol. The van der Waals surface area contributed by atoms with Crippen LogP contribution in [0.3, 0.4) is 0 Å². The second-order valence-corrected chi connectivity index (χ2v) is 10.3. The minimum Gasteiger partial charge on any atom is -0.329 e. The van der Waals surface area contributed by atoms with Crippen molar-refractivity contribution in [1.82, 2.24) is 35.4 Å². The summed E-state index contributed by atoms with van der Waals surface area (Å²) in [5.41, 5.74) is 10.6. The van der Waals surface area contributed by atoms with Crippen LogP contribution in [0.1, 0.15) is 64.8 Å². The molecule has 0 radical (unpaired) electrons. The van der Waals surface area contributed by atoms with Crippen molar-refractivity contribution in [2.45, 2.75) is 44.1 Å². The molecule has 0 bridgehead atoms. The Hall–Kier alpha value is -3.50. The number of carbonyl (C=O) groups is 1. The van der Waals surface area contributed by atoms with Gasteiger partial charge in [0.25, 0.3) is 5.91 Å². The van der Waals surface area contributed by atoms with Crippen LogP contribution in [0.25, 0.3) is 11.0 Å². The van der Waals surface area contributed by atoms with Gasteiger partial charge in [-0.05, 0) is 61.7 Å². The number of hydrogen-bond acceptors (Lipinski definition) is 5. The minimum atomic E-state index is -0.262. The fourth-order valence-electron chi connectivity index (χ4n) is 4.34. The monoisotopic (exact) mass is 520 g/mol. The molecule has 1 amide bonds. The molecular formula is C25H25ClN8OS. The molecular weight excluding hydrogens is 496 g/mol. The Kier molecular flexibility index (Phi) is 5.85. The number of amides is 1. The lowest BCUT2D eigenvalue weighted by molar-refractivity contribution is 0.0945. The van der Waals surface area contributed by atoms with Crippen molar-refractivity contribution in [2.24, 2.45) is 7.05 Å². The Morgan fingerprint density at radius 3 is 2.61 bits per heavy atom. The van der Waals surface area contributed by atoms with E-state index in [9.17, 15) is 4.79 Å². The third-order valence-electron chi connectivity index (χ3n) is 6.48. The van der Waals surface area contributed by atoms with Crippen LogP contribution in [0.5, 0.6) is 0 Å². The van der Waals surface area contributed by atoms with Crippen molar-refractivity contribution in [3.63, 3.8) is 0 Å². The highest BCUT2D eigenvalue weighted by atomic mass is 35.5. The first kappa shape index (κ1) is 22.9. The normalized spacial score (nSPS) is 15.2. The van der Waals surface area contributed by atoms with E-state index in [2.05, 4.69) is 21.3 Å². The van der Waals surface area contributed by atoms with Crippen molar-refractivity contribution < 1.29 is 4.79 Å². The van der Waals surface area contributed by atoms with Gasteiger partial charge in [-0.2, -0.15) is 10.2 Å². The maximum absolute atomic E-state index is 13.3. The summed E-state index contributed by atoms with van der Waals surface area (Å²) in [6.07, 6.45) is 7.91. The van der Waals surface area contributed by atoms with Crippen molar-refractivity contribution in [1.29, 1.82) is 0 Å². The summed E-state index contributed by atoms with van der Waals surface area (Å²) < 4.78 is 3.59. The molecule has 0 atom stereocenters. The number of rotatable bonds is 6. The van der Waals surface area contributed by atoms with Gasteiger partial charge in [0.2, 0.25) is 0 Å². The zero-order chi connectivity index (χ0) is 24.8. The quantitative estimate of drug-likeness (QED) is 0.258. The third-order valence-corrected chi connectivity index (χ3v) is 6.94. The highest BCUT2D eigenvalue weighted by molar-refractivity contribution is 7.80. The largest absolute Gasteiger partial charge is 0.329 e. The molecule has 2 aliphatic carbocycles. The Bertz CT molecular complexity index is 1470. The Labute approximate surface area is 218 Å². The van der Waals surface area contributed by atoms with Crippen LogP contribution < -0.4 is 16.2 Å². The van der Waals surface area contributed by atoms with Gasteiger partial charge in [-0.3, -0.25) is 25.0 Å². The number of aromatic nitrogens is 5. The van der Waals surface area contributed by atoms with Gasteiger partial charge in [-0.25, -0.2) is 4.98 Å². The first-order chi connectivity index (χ1) is 17.4. The molecule has 0 aliphatic heterocycles. The highest BCUT2D eigenvalue weighted by Gasteiger charge is 2.33. The number of anilines is 1. The topological polar surface area (TPSA) is 102 Å². The lowest BCUT2D eigenvalue weighted by atomic mass is 10.1. The summed E-state index contributed by atoms with van der Waals surface area (Å²) in [6, 6.07) is 9.54. The van der Waals surface area contributed by atoms with Gasteiger partial charge in [-0.1, -0.05) is 23.7 Å². The summed E-state index contributed by atoms with van der Waals surface area (Å²) in [5.74, 6) is 0.552. The molecule has 11 heteroatoms. The molecule has 1 aromatic carbocycles. The van der Waals surface area contributed by atoms with E-state index < -0.39 is 0 Å². The average molecular weight is 521 g/mol. The fraction of sp³-hybridized carbons (Fsp3) is 0.320. The predicted octanol–water partition coefficient (Wildman–Crippen LogP) is 4.25. The summed E-state index contributed by atoms with van der Waals surface area (Å²) >= 11 is 11.3. The standard InChI is InChI=1S/C25H25ClN8OS/c1-33-23-21(22(32-33)16-6-7-16)19(10-20(29-23)15-4-5-15)24(35)30-31-25(36)28-18-11-27-34(13-18)12-14-2-8-17(26)9-3-14/h2-3,8-11,13,15-16H,4-7,12H2,1H3,(H,30,35)(H2,28,31,36). The molecule has 9 nitrogen and oxygen atoms in total. The second-order valence-electron chi connectivity index (χ2n) is 9.44. The lowest BCUT2D eigenvalue weighted by Crippen LogP contribution is -2.43. The molecule has 0 spiro atoms. The molecule has 2 fully saturated rings. The van der Waals surface area contributed by atoms with E-state index >= 15 is 0 Å². The minimum absolute atomic E-state index is 0.260. The van der Waals surface area contributed by atoms with Crippen molar-refractivity contribution in [3.05, 3.63) is 70.3 Å². The van der Waals surface area contributed by atoms with E-state index in [1.807, 2.05) is 43.6 Å². The Morgan fingerprint density at radius 1 is 1.14 bits per heavy atom. The molecule has 0 saturated heterocycles. The third kappa shape index (κ3) is 4.78. The maximum atomic E-state index is 13.3. The van der Waals surface area contributed by atoms with E-state index in [0.29, 0.717) is 34.7 Å². The van der Waals surface area contributed by atoms with Crippen LogP contribution in [0.4, 0.5) is 5.69 Å². The number of hydrogen-bond donors (Lipinski definition) is 3. The molecule has 36 heavy (non-hydrogen) atoms. The number of benzene rings is 1. The first-order valence-electron chi connectivity index (χ1n) is 12.0. The lowest BCUT2D eigenvalue weighted by Gasteiger charge is -2.12. The van der Waals surface area contributed by atoms with Crippen molar-refractivity contribution in [3.8, 4) is 0 Å². The highest BCUT2D eigenvalue weighted by Crippen LogP contribution is 2.45. The molecule has 184 valence electrons. The van der Waals surface area contributed by atoms with Crippen LogP contribution in [0.15, 0.2) is 42.7 Å². The number of hydrazine groups is 1. The van der Waals surface area contributed by atoms with Gasteiger partial charge < -0.3 is 5.32 Å². The molecule has 2 aliphatic rings. The van der Waals surface area contributed by atoms with Crippen molar-refractivity contribution >= 4 is 51.6 Å². The van der Waals surface area contributed by atoms with E-state index in [1.54, 1.807) is 15.6 Å². The second kappa shape index (κ2) is 9.18. The van der Waals surface area contributed by atoms with Crippen LogP contribution >= 0.6 is 23.8 Å². The van der Waals surface area contributed by atoms with E-state index in [0.717, 1.165) is 53.7 Å². The fourth-order valence-corrected chi connectivity index (χ4v) is 4.64. The van der Waals surface area contributed by atoms with E-state index in [-0.39, 0.29) is 11.0 Å². The number of carbonyl (C=O) groups excluding carboxylic acids is 1. The van der Waals surface area contributed by atoms with Gasteiger partial charge in [0.15, 0.2) is 10.8 Å². The summed E-state index contributed by atoms with van der Waals surface area (Å²) in [6.45, 7) is 0.603. The molecule has 3 N–H and O–H groups in total. The van der Waals surface area contributed by atoms with Gasteiger partial charge in [0, 0.05) is 35.8 Å². The van der Waals surface area contributed by atoms with Crippen molar-refractivity contribution in [2.75, 3.05) is 5.32 Å². The van der Waals surface area contributed by atoms with Gasteiger partial charge >= 0.3 is 0 Å². The van der Waals surface area contributed by atoms with E-state index in [4.69, 9.17) is 33.9 Å². The molecule has 0 unspecified atom stereocenters. The summed E-state index contributed by atoms with van der Waals surface area (Å²) in [4.78, 5) is 18.1. The Balaban J connectivity index is 1.13. The molecule has 3 aromatic heterocycles. The number of thiocarbonyl (C=S) groups is 1. The number of aryl methyl sites for hydroxylation is 1. The number of fused-ring (bicyclic) bond motifs is 1. The molecule has 6 rings (SSSR count). The molecule has 2 saturated carbocycles. The van der Waals surface area contributed by atoms with Crippen LogP contribution in [-0.4, -0.2) is 35.6 Å². The Morgan fingerprint density at radius 2 is 1.89 bits per heavy atom. The van der Waals surface area contributed by atoms with Gasteiger partial charge in [0.1, 0.15) is 0 Å². The van der Waals surface area contributed by atoms with E-state index in [1.165, 1.54) is 0 Å². The van der Waals surface area contributed by atoms with Crippen LogP contribution in [0, 0.1) is 0 Å². The number of pyridine rings is 1. The number of halogens is 1. The van der Waals surface area contributed by atoms with Crippen LogP contribution in [-0.2, 0) is 13.6 Å². The zero-order valence-corrected chi connectivity index (χ0v) is 21.2. The summed E-state index contributed by atoms with van der Waals surface area (Å²) in [7, 11) is 1.89. The maximum Gasteiger partial charge on any atom is 0.270 e. The smallest absolute Gasteiger partial charge is 0.270 e. The first-order valence-corrected chi connectivity index (χ1v) is 12.7. The number of nitrogens with zero attached hydrogens (tertiary/aromatic N) is 5. The molecule has 3 heterocycles. The van der Waals surface area contributed by atoms with Crippen LogP contribution in [0.2, 0.25) is 5.02 Å². The van der Waals surface area contributed by atoms with Gasteiger partial charge in [-0.15, -0.1) is 0 Å². The average Bonchev–Trinajstić information content (AvgIpc) is 3.80. The number of nitrogens with one attached hydrogen (secondary N) is 3.